The predicted octanol–water partition coefficient (Wildman–Crippen LogP) is 4.08. The summed E-state index contributed by atoms with van der Waals surface area (Å²) in [5.74, 6) is -0.653. The first-order valence-electron chi connectivity index (χ1n) is 9.14. The first kappa shape index (κ1) is 21.4. The van der Waals surface area contributed by atoms with Gasteiger partial charge in [-0.1, -0.05) is 19.9 Å². The van der Waals surface area contributed by atoms with Gasteiger partial charge in [-0.3, -0.25) is 9.63 Å². The number of benzene rings is 2. The van der Waals surface area contributed by atoms with E-state index in [0.29, 0.717) is 31.1 Å². The molecule has 0 bridgehead atoms. The van der Waals surface area contributed by atoms with Gasteiger partial charge in [-0.2, -0.15) is 5.26 Å². The predicted molar refractivity (Wildman–Crippen MR) is 105 cm³/mol. The van der Waals surface area contributed by atoms with Crippen molar-refractivity contribution in [3.05, 3.63) is 58.9 Å². The maximum atomic E-state index is 14.1. The average molecular weight is 385 g/mol. The van der Waals surface area contributed by atoms with Gasteiger partial charge >= 0.3 is 0 Å². The second-order valence-electron chi connectivity index (χ2n) is 6.13. The highest BCUT2D eigenvalue weighted by atomic mass is 19.1. The van der Waals surface area contributed by atoms with Crippen LogP contribution in [0.3, 0.4) is 0 Å². The molecule has 3 rings (SSSR count). The third-order valence-electron chi connectivity index (χ3n) is 3.98. The quantitative estimate of drug-likeness (QED) is 0.732. The van der Waals surface area contributed by atoms with Crippen LogP contribution in [0.2, 0.25) is 0 Å². The molecule has 1 saturated heterocycles. The lowest BCUT2D eigenvalue weighted by atomic mass is 10.1. The van der Waals surface area contributed by atoms with Crippen LogP contribution < -0.4 is 10.8 Å². The molecule has 1 amide bonds. The summed E-state index contributed by atoms with van der Waals surface area (Å²) in [4.78, 5) is 17.6. The molecule has 148 valence electrons. The standard InChI is InChI=1S/C19H18FN3O3.C2H6/c1-12-2-5-17(16(20)6-12)22-18-7-13(8-21)3-4-15(18)19(24)23-26-11-14-9-25-10-14;1-2/h2-7,14,22H,9-11H2,1H3,(H,23,24);1-2H3. The molecule has 2 aromatic carbocycles. The summed E-state index contributed by atoms with van der Waals surface area (Å²) < 4.78 is 19.2. The number of hydroxylamine groups is 1. The van der Waals surface area contributed by atoms with Crippen LogP contribution in [-0.4, -0.2) is 25.7 Å². The van der Waals surface area contributed by atoms with E-state index in [4.69, 9.17) is 14.8 Å². The smallest absolute Gasteiger partial charge is 0.276 e. The summed E-state index contributed by atoms with van der Waals surface area (Å²) in [6, 6.07) is 11.2. The largest absolute Gasteiger partial charge is 0.381 e. The summed E-state index contributed by atoms with van der Waals surface area (Å²) in [5, 5.41) is 12.0. The fourth-order valence-electron chi connectivity index (χ4n) is 2.44. The van der Waals surface area contributed by atoms with Crippen LogP contribution >= 0.6 is 0 Å². The lowest BCUT2D eigenvalue weighted by molar-refractivity contribution is -0.0864. The zero-order chi connectivity index (χ0) is 20.5. The number of rotatable bonds is 6. The number of nitrogens with zero attached hydrogens (tertiary/aromatic N) is 1. The lowest BCUT2D eigenvalue weighted by Gasteiger charge is -2.25. The topological polar surface area (TPSA) is 83.4 Å². The highest BCUT2D eigenvalue weighted by Crippen LogP contribution is 2.25. The summed E-state index contributed by atoms with van der Waals surface area (Å²) in [6.07, 6.45) is 0. The van der Waals surface area contributed by atoms with Gasteiger partial charge in [0.05, 0.1) is 48.4 Å². The van der Waals surface area contributed by atoms with E-state index in [1.165, 1.54) is 24.3 Å². The molecule has 0 radical (unpaired) electrons. The van der Waals surface area contributed by atoms with E-state index in [1.807, 2.05) is 19.9 Å². The molecule has 0 aliphatic carbocycles. The molecule has 6 nitrogen and oxygen atoms in total. The minimum absolute atomic E-state index is 0.215. The Hall–Kier alpha value is -2.95. The molecule has 1 heterocycles. The van der Waals surface area contributed by atoms with E-state index < -0.39 is 11.7 Å². The van der Waals surface area contributed by atoms with Crippen molar-refractivity contribution in [2.24, 2.45) is 5.92 Å². The van der Waals surface area contributed by atoms with E-state index in [0.717, 1.165) is 5.56 Å². The SMILES string of the molecule is CC.Cc1ccc(Nc2cc(C#N)ccc2C(=O)NOCC2COC2)c(F)c1. The Labute approximate surface area is 164 Å². The Morgan fingerprint density at radius 3 is 2.61 bits per heavy atom. The van der Waals surface area contributed by atoms with Crippen LogP contribution in [0.4, 0.5) is 15.8 Å². The minimum Gasteiger partial charge on any atom is -0.381 e. The number of halogens is 1. The van der Waals surface area contributed by atoms with E-state index in [-0.39, 0.29) is 17.2 Å². The summed E-state index contributed by atoms with van der Waals surface area (Å²) >= 11 is 0. The fraction of sp³-hybridized carbons (Fsp3) is 0.333. The van der Waals surface area contributed by atoms with Gasteiger partial charge in [-0.05, 0) is 42.8 Å². The molecule has 0 saturated carbocycles. The van der Waals surface area contributed by atoms with Crippen LogP contribution in [0.5, 0.6) is 0 Å². The summed E-state index contributed by atoms with van der Waals surface area (Å²) in [6.45, 7) is 7.38. The number of nitriles is 1. The number of nitrogens with one attached hydrogen (secondary N) is 2. The van der Waals surface area contributed by atoms with Crippen molar-refractivity contribution in [3.8, 4) is 6.07 Å². The van der Waals surface area contributed by atoms with Crippen molar-refractivity contribution in [1.29, 1.82) is 5.26 Å². The maximum absolute atomic E-state index is 14.1. The van der Waals surface area contributed by atoms with Crippen LogP contribution in [0.15, 0.2) is 36.4 Å². The lowest BCUT2D eigenvalue weighted by Crippen LogP contribution is -2.35. The molecule has 0 unspecified atom stereocenters. The number of carbonyl (C=O) groups is 1. The molecule has 1 aliphatic rings. The fourth-order valence-corrected chi connectivity index (χ4v) is 2.44. The Morgan fingerprint density at radius 1 is 1.25 bits per heavy atom. The molecular weight excluding hydrogens is 361 g/mol. The van der Waals surface area contributed by atoms with Crippen molar-refractivity contribution in [1.82, 2.24) is 5.48 Å². The van der Waals surface area contributed by atoms with Crippen LogP contribution in [0, 0.1) is 30.0 Å². The zero-order valence-electron chi connectivity index (χ0n) is 16.2. The number of anilines is 2. The normalized spacial score (nSPS) is 12.8. The van der Waals surface area contributed by atoms with Crippen LogP contribution in [0.25, 0.3) is 0 Å². The number of amides is 1. The van der Waals surface area contributed by atoms with Gasteiger partial charge in [-0.15, -0.1) is 0 Å². The molecular formula is C21H24FN3O3. The van der Waals surface area contributed by atoms with Gasteiger partial charge in [0.2, 0.25) is 0 Å². The Balaban J connectivity index is 0.00000136. The van der Waals surface area contributed by atoms with Gasteiger partial charge in [-0.25, -0.2) is 9.87 Å². The number of ether oxygens (including phenoxy) is 1. The molecule has 1 aliphatic heterocycles. The molecule has 2 N–H and O–H groups in total. The molecule has 7 heteroatoms. The third kappa shape index (κ3) is 5.52. The van der Waals surface area contributed by atoms with E-state index in [9.17, 15) is 9.18 Å². The molecule has 0 atom stereocenters. The Bertz CT molecular complexity index is 860. The third-order valence-corrected chi connectivity index (χ3v) is 3.98. The molecule has 1 fully saturated rings. The van der Waals surface area contributed by atoms with E-state index >= 15 is 0 Å². The van der Waals surface area contributed by atoms with Crippen LogP contribution in [0.1, 0.15) is 35.3 Å². The molecule has 28 heavy (non-hydrogen) atoms. The van der Waals surface area contributed by atoms with Gasteiger partial charge in [0, 0.05) is 5.92 Å². The average Bonchev–Trinajstić information content (AvgIpc) is 2.67. The van der Waals surface area contributed by atoms with Gasteiger partial charge in [0.25, 0.3) is 5.91 Å². The number of hydrogen-bond donors (Lipinski definition) is 2. The first-order chi connectivity index (χ1) is 13.6. The van der Waals surface area contributed by atoms with Crippen molar-refractivity contribution in [2.75, 3.05) is 25.1 Å². The minimum atomic E-state index is -0.482. The highest BCUT2D eigenvalue weighted by Gasteiger charge is 2.20. The number of carbonyl (C=O) groups excluding carboxylic acids is 1. The number of hydrogen-bond acceptors (Lipinski definition) is 5. The second kappa shape index (κ2) is 10.4. The van der Waals surface area contributed by atoms with E-state index in [1.54, 1.807) is 19.1 Å². The summed E-state index contributed by atoms with van der Waals surface area (Å²) in [7, 11) is 0. The molecule has 2 aromatic rings. The Kier molecular flexibility index (Phi) is 7.93. The van der Waals surface area contributed by atoms with Crippen molar-refractivity contribution < 1.29 is 18.8 Å². The van der Waals surface area contributed by atoms with Gasteiger partial charge in [0.15, 0.2) is 0 Å². The van der Waals surface area contributed by atoms with E-state index in [2.05, 4.69) is 10.8 Å². The number of aryl methyl sites for hydroxylation is 1. The maximum Gasteiger partial charge on any atom is 0.276 e. The van der Waals surface area contributed by atoms with Crippen molar-refractivity contribution in [3.63, 3.8) is 0 Å². The molecule has 0 spiro atoms. The molecule has 0 aromatic heterocycles. The summed E-state index contributed by atoms with van der Waals surface area (Å²) in [5.41, 5.74) is 4.29. The van der Waals surface area contributed by atoms with Crippen LogP contribution in [-0.2, 0) is 9.57 Å². The van der Waals surface area contributed by atoms with Gasteiger partial charge < -0.3 is 10.1 Å². The monoisotopic (exact) mass is 385 g/mol. The zero-order valence-corrected chi connectivity index (χ0v) is 16.2. The highest BCUT2D eigenvalue weighted by molar-refractivity contribution is 6.00. The van der Waals surface area contributed by atoms with Crippen molar-refractivity contribution >= 4 is 17.3 Å². The second-order valence-corrected chi connectivity index (χ2v) is 6.13. The van der Waals surface area contributed by atoms with Gasteiger partial charge in [0.1, 0.15) is 5.82 Å². The Morgan fingerprint density at radius 2 is 2.00 bits per heavy atom. The first-order valence-corrected chi connectivity index (χ1v) is 9.14. The van der Waals surface area contributed by atoms with Crippen molar-refractivity contribution in [2.45, 2.75) is 20.8 Å².